The van der Waals surface area contributed by atoms with Crippen molar-refractivity contribution < 1.29 is 38.4 Å². The molecule has 1 aliphatic rings. The Balaban J connectivity index is 1.73. The first-order valence-corrected chi connectivity index (χ1v) is 14.0. The van der Waals surface area contributed by atoms with E-state index in [0.29, 0.717) is 58.6 Å². The number of rotatable bonds is 10. The second-order valence-corrected chi connectivity index (χ2v) is 10.2. The lowest BCUT2D eigenvalue weighted by Crippen LogP contribution is -2.29. The second kappa shape index (κ2) is 12.0. The van der Waals surface area contributed by atoms with E-state index in [1.165, 1.54) is 37.6 Å². The van der Waals surface area contributed by atoms with E-state index < -0.39 is 17.7 Å². The van der Waals surface area contributed by atoms with E-state index in [0.717, 1.165) is 4.70 Å². The number of anilines is 1. The fraction of sp³-hybridized carbons (Fsp3) is 0.258. The lowest BCUT2D eigenvalue weighted by Gasteiger charge is -2.24. The largest absolute Gasteiger partial charge is 0.507 e. The Bertz CT molecular complexity index is 1650. The minimum Gasteiger partial charge on any atom is -0.507 e. The number of carbonyl (C=O) groups excluding carboxylic acids is 2. The van der Waals surface area contributed by atoms with Gasteiger partial charge in [-0.1, -0.05) is 11.3 Å². The smallest absolute Gasteiger partial charge is 0.301 e. The van der Waals surface area contributed by atoms with Gasteiger partial charge in [0.2, 0.25) is 5.75 Å². The molecule has 0 radical (unpaired) electrons. The number of methoxy groups -OCH3 is 3. The number of carbonyl (C=O) groups is 2. The van der Waals surface area contributed by atoms with Crippen molar-refractivity contribution in [1.82, 2.24) is 4.98 Å². The highest BCUT2D eigenvalue weighted by Gasteiger charge is 2.48. The molecule has 1 amide bonds. The summed E-state index contributed by atoms with van der Waals surface area (Å²) in [5, 5.41) is 11.8. The highest BCUT2D eigenvalue weighted by molar-refractivity contribution is 7.22. The standard InChI is InChI=1S/C31H30N2O8S/c1-6-40-19-10-8-17(9-11-19)27(34)25-26(18-14-22(37-3)29(39-5)23(15-18)38-4)33(30(36)28(25)35)31-32-21-13-12-20(41-7-2)16-24(21)42-31/h8-16,26,34H,6-7H2,1-5H3. The number of amides is 1. The molecule has 0 spiro atoms. The van der Waals surface area contributed by atoms with Crippen molar-refractivity contribution in [3.05, 3.63) is 71.3 Å². The molecule has 4 aromatic rings. The monoisotopic (exact) mass is 590 g/mol. The van der Waals surface area contributed by atoms with Gasteiger partial charge in [0.1, 0.15) is 17.3 Å². The number of fused-ring (bicyclic) bond motifs is 1. The number of aliphatic hydroxyl groups excluding tert-OH is 1. The van der Waals surface area contributed by atoms with Crippen LogP contribution in [0.2, 0.25) is 0 Å². The zero-order valence-corrected chi connectivity index (χ0v) is 24.6. The summed E-state index contributed by atoms with van der Waals surface area (Å²) in [6.07, 6.45) is 0. The first kappa shape index (κ1) is 28.7. The molecule has 11 heteroatoms. The Morgan fingerprint density at radius 1 is 0.881 bits per heavy atom. The van der Waals surface area contributed by atoms with Crippen molar-refractivity contribution in [2.75, 3.05) is 39.4 Å². The molecule has 1 unspecified atom stereocenters. The van der Waals surface area contributed by atoms with Gasteiger partial charge in [0.15, 0.2) is 16.6 Å². The Labute approximate surface area is 246 Å². The predicted octanol–water partition coefficient (Wildman–Crippen LogP) is 5.75. The summed E-state index contributed by atoms with van der Waals surface area (Å²) in [6.45, 7) is 4.74. The van der Waals surface area contributed by atoms with Crippen LogP contribution in [0.4, 0.5) is 5.13 Å². The SMILES string of the molecule is CCOc1ccc(C(O)=C2C(=O)C(=O)N(c3nc4ccc(OCC)cc4s3)C2c2cc(OC)c(OC)c(OC)c2)cc1. The molecule has 218 valence electrons. The van der Waals surface area contributed by atoms with E-state index in [2.05, 4.69) is 4.98 Å². The van der Waals surface area contributed by atoms with E-state index in [1.54, 1.807) is 48.5 Å². The highest BCUT2D eigenvalue weighted by atomic mass is 32.1. The summed E-state index contributed by atoms with van der Waals surface area (Å²) in [6, 6.07) is 14.3. The van der Waals surface area contributed by atoms with Crippen molar-refractivity contribution in [1.29, 1.82) is 0 Å². The summed E-state index contributed by atoms with van der Waals surface area (Å²) in [5.74, 6) is 0.247. The van der Waals surface area contributed by atoms with Gasteiger partial charge in [-0.15, -0.1) is 0 Å². The van der Waals surface area contributed by atoms with Gasteiger partial charge < -0.3 is 28.8 Å². The molecule has 1 aliphatic heterocycles. The molecule has 0 aliphatic carbocycles. The van der Waals surface area contributed by atoms with Gasteiger partial charge in [0, 0.05) is 5.56 Å². The third-order valence-corrected chi connectivity index (χ3v) is 7.77. The van der Waals surface area contributed by atoms with Crippen LogP contribution in [0, 0.1) is 0 Å². The number of Topliss-reactive ketones (excluding diaryl/α,β-unsaturated/α-hetero) is 1. The summed E-state index contributed by atoms with van der Waals surface area (Å²) < 4.78 is 28.5. The van der Waals surface area contributed by atoms with Crippen molar-refractivity contribution >= 4 is 44.1 Å². The molecule has 1 fully saturated rings. The Hall–Kier alpha value is -4.77. The second-order valence-electron chi connectivity index (χ2n) is 9.14. The van der Waals surface area contributed by atoms with Gasteiger partial charge in [-0.2, -0.15) is 0 Å². The van der Waals surface area contributed by atoms with Crippen LogP contribution in [-0.2, 0) is 9.59 Å². The third-order valence-electron chi connectivity index (χ3n) is 6.75. The highest BCUT2D eigenvalue weighted by Crippen LogP contribution is 2.48. The minimum absolute atomic E-state index is 0.104. The van der Waals surface area contributed by atoms with Crippen molar-refractivity contribution in [3.63, 3.8) is 0 Å². The third kappa shape index (κ3) is 5.07. The van der Waals surface area contributed by atoms with Crippen LogP contribution >= 0.6 is 11.3 Å². The van der Waals surface area contributed by atoms with Gasteiger partial charge in [-0.05, 0) is 74.0 Å². The predicted molar refractivity (Wildman–Crippen MR) is 159 cm³/mol. The van der Waals surface area contributed by atoms with Crippen LogP contribution in [-0.4, -0.2) is 56.3 Å². The maximum Gasteiger partial charge on any atom is 0.301 e. The van der Waals surface area contributed by atoms with Gasteiger partial charge in [0.25, 0.3) is 5.78 Å². The fourth-order valence-electron chi connectivity index (χ4n) is 4.89. The molecule has 1 N–H and O–H groups in total. The van der Waals surface area contributed by atoms with Crippen LogP contribution < -0.4 is 28.6 Å². The number of nitrogens with zero attached hydrogens (tertiary/aromatic N) is 2. The number of ether oxygens (including phenoxy) is 5. The van der Waals surface area contributed by atoms with Gasteiger partial charge in [-0.25, -0.2) is 4.98 Å². The number of aliphatic hydroxyl groups is 1. The number of aromatic nitrogens is 1. The maximum absolute atomic E-state index is 13.7. The molecule has 5 rings (SSSR count). The molecule has 2 heterocycles. The molecule has 1 atom stereocenters. The molecule has 42 heavy (non-hydrogen) atoms. The van der Waals surface area contributed by atoms with Gasteiger partial charge >= 0.3 is 5.91 Å². The molecule has 10 nitrogen and oxygen atoms in total. The Morgan fingerprint density at radius 3 is 2.10 bits per heavy atom. The van der Waals surface area contributed by atoms with E-state index in [-0.39, 0.29) is 16.5 Å². The zero-order valence-electron chi connectivity index (χ0n) is 23.8. The van der Waals surface area contributed by atoms with Gasteiger partial charge in [0.05, 0.1) is 56.4 Å². The molecule has 1 aromatic heterocycles. The first-order valence-electron chi connectivity index (χ1n) is 13.2. The average molecular weight is 591 g/mol. The number of ketones is 1. The number of thiazole rings is 1. The number of benzene rings is 3. The summed E-state index contributed by atoms with van der Waals surface area (Å²) >= 11 is 1.24. The van der Waals surface area contributed by atoms with Crippen LogP contribution in [0.15, 0.2) is 60.2 Å². The molecular weight excluding hydrogens is 560 g/mol. The van der Waals surface area contributed by atoms with Crippen molar-refractivity contribution in [2.45, 2.75) is 19.9 Å². The van der Waals surface area contributed by atoms with E-state index in [1.807, 2.05) is 19.9 Å². The van der Waals surface area contributed by atoms with E-state index in [4.69, 9.17) is 23.7 Å². The molecular formula is C31H30N2O8S. The summed E-state index contributed by atoms with van der Waals surface area (Å²) in [5.41, 5.74) is 1.33. The molecule has 3 aromatic carbocycles. The van der Waals surface area contributed by atoms with Crippen LogP contribution in [0.1, 0.15) is 31.0 Å². The molecule has 0 saturated carbocycles. The normalized spacial score (nSPS) is 16.1. The Kier molecular flexibility index (Phi) is 8.21. The van der Waals surface area contributed by atoms with Crippen molar-refractivity contribution in [3.8, 4) is 28.7 Å². The zero-order chi connectivity index (χ0) is 30.0. The maximum atomic E-state index is 13.7. The number of hydrogen-bond acceptors (Lipinski definition) is 10. The van der Waals surface area contributed by atoms with Crippen LogP contribution in [0.3, 0.4) is 0 Å². The van der Waals surface area contributed by atoms with E-state index >= 15 is 0 Å². The lowest BCUT2D eigenvalue weighted by atomic mass is 9.94. The van der Waals surface area contributed by atoms with E-state index in [9.17, 15) is 14.7 Å². The summed E-state index contributed by atoms with van der Waals surface area (Å²) in [7, 11) is 4.43. The Morgan fingerprint density at radius 2 is 1.50 bits per heavy atom. The minimum atomic E-state index is -1.06. The molecule has 1 saturated heterocycles. The quantitative estimate of drug-likeness (QED) is 0.140. The topological polar surface area (TPSA) is 117 Å². The average Bonchev–Trinajstić information content (AvgIpc) is 3.54. The first-order chi connectivity index (χ1) is 20.3. The van der Waals surface area contributed by atoms with Crippen LogP contribution in [0.5, 0.6) is 28.7 Å². The molecule has 0 bridgehead atoms. The van der Waals surface area contributed by atoms with Crippen molar-refractivity contribution in [2.24, 2.45) is 0 Å². The number of hydrogen-bond donors (Lipinski definition) is 1. The lowest BCUT2D eigenvalue weighted by molar-refractivity contribution is -0.132. The van der Waals surface area contributed by atoms with Gasteiger partial charge in [-0.3, -0.25) is 14.5 Å². The van der Waals surface area contributed by atoms with Crippen LogP contribution in [0.25, 0.3) is 16.0 Å². The fourth-order valence-corrected chi connectivity index (χ4v) is 5.91. The summed E-state index contributed by atoms with van der Waals surface area (Å²) in [4.78, 5) is 33.4.